The van der Waals surface area contributed by atoms with Gasteiger partial charge in [-0.1, -0.05) is 19.1 Å². The van der Waals surface area contributed by atoms with Crippen LogP contribution in [0, 0.1) is 0 Å². The second-order valence-corrected chi connectivity index (χ2v) is 4.09. The fourth-order valence-electron chi connectivity index (χ4n) is 1.21. The molecular formula is C12H25N3O. The first kappa shape index (κ1) is 15.1. The summed E-state index contributed by atoms with van der Waals surface area (Å²) >= 11 is 0. The molecule has 0 aliphatic heterocycles. The highest BCUT2D eigenvalue weighted by Gasteiger charge is 2.06. The molecular weight excluding hydrogens is 202 g/mol. The third-order valence-corrected chi connectivity index (χ3v) is 2.37. The lowest BCUT2D eigenvalue weighted by atomic mass is 10.1. The van der Waals surface area contributed by atoms with E-state index in [2.05, 4.69) is 24.1 Å². The fourth-order valence-corrected chi connectivity index (χ4v) is 1.21. The van der Waals surface area contributed by atoms with Gasteiger partial charge in [-0.3, -0.25) is 4.79 Å². The van der Waals surface area contributed by atoms with E-state index in [1.54, 1.807) is 0 Å². The molecule has 4 N–H and O–H groups in total. The number of amides is 1. The molecule has 4 nitrogen and oxygen atoms in total. The molecule has 0 aromatic rings. The van der Waals surface area contributed by atoms with Gasteiger partial charge >= 0.3 is 0 Å². The molecule has 0 radical (unpaired) electrons. The van der Waals surface area contributed by atoms with Crippen LogP contribution < -0.4 is 16.4 Å². The van der Waals surface area contributed by atoms with Gasteiger partial charge in [-0.05, 0) is 26.3 Å². The van der Waals surface area contributed by atoms with E-state index in [0.29, 0.717) is 19.4 Å². The van der Waals surface area contributed by atoms with Crippen molar-refractivity contribution in [2.45, 2.75) is 39.2 Å². The number of carbonyl (C=O) groups is 1. The van der Waals surface area contributed by atoms with Crippen molar-refractivity contribution in [2.24, 2.45) is 5.73 Å². The number of rotatable bonds is 9. The second kappa shape index (κ2) is 9.36. The standard InChI is InChI=1S/C12H25N3O/c1-4-7-14-8-9-15-12(16)6-5-11(13)10(2)3/h11,14H,2,4-9,13H2,1,3H3,(H,15,16). The van der Waals surface area contributed by atoms with Crippen molar-refractivity contribution in [3.63, 3.8) is 0 Å². The molecule has 0 heterocycles. The molecule has 0 aromatic heterocycles. The van der Waals surface area contributed by atoms with Crippen molar-refractivity contribution in [3.8, 4) is 0 Å². The van der Waals surface area contributed by atoms with Crippen LogP contribution in [0.15, 0.2) is 12.2 Å². The molecule has 0 bridgehead atoms. The van der Waals surface area contributed by atoms with Crippen molar-refractivity contribution in [1.29, 1.82) is 0 Å². The fraction of sp³-hybridized carbons (Fsp3) is 0.750. The van der Waals surface area contributed by atoms with E-state index in [9.17, 15) is 4.79 Å². The maximum atomic E-state index is 11.4. The SMILES string of the molecule is C=C(C)C(N)CCC(=O)NCCNCCC. The number of hydrogen-bond donors (Lipinski definition) is 3. The maximum absolute atomic E-state index is 11.4. The van der Waals surface area contributed by atoms with Gasteiger partial charge in [0, 0.05) is 25.6 Å². The van der Waals surface area contributed by atoms with Crippen LogP contribution in [0.1, 0.15) is 33.1 Å². The van der Waals surface area contributed by atoms with Crippen molar-refractivity contribution < 1.29 is 4.79 Å². The van der Waals surface area contributed by atoms with Gasteiger partial charge in [-0.15, -0.1) is 0 Å². The third-order valence-electron chi connectivity index (χ3n) is 2.37. The molecule has 0 rings (SSSR count). The van der Waals surface area contributed by atoms with Crippen LogP contribution in [0.25, 0.3) is 0 Å². The van der Waals surface area contributed by atoms with Gasteiger partial charge < -0.3 is 16.4 Å². The Balaban J connectivity index is 3.41. The minimum Gasteiger partial charge on any atom is -0.355 e. The second-order valence-electron chi connectivity index (χ2n) is 4.09. The summed E-state index contributed by atoms with van der Waals surface area (Å²) in [5.41, 5.74) is 6.70. The maximum Gasteiger partial charge on any atom is 0.220 e. The van der Waals surface area contributed by atoms with Gasteiger partial charge in [0.1, 0.15) is 0 Å². The molecule has 0 saturated heterocycles. The Morgan fingerprint density at radius 1 is 1.38 bits per heavy atom. The number of carbonyl (C=O) groups excluding carboxylic acids is 1. The van der Waals surface area contributed by atoms with Crippen LogP contribution in [0.5, 0.6) is 0 Å². The van der Waals surface area contributed by atoms with Crippen LogP contribution in [-0.2, 0) is 4.79 Å². The van der Waals surface area contributed by atoms with Gasteiger partial charge in [-0.2, -0.15) is 0 Å². The lowest BCUT2D eigenvalue weighted by Crippen LogP contribution is -2.33. The molecule has 1 atom stereocenters. The zero-order chi connectivity index (χ0) is 12.4. The van der Waals surface area contributed by atoms with Gasteiger partial charge in [0.05, 0.1) is 0 Å². The van der Waals surface area contributed by atoms with Crippen LogP contribution in [0.3, 0.4) is 0 Å². The molecule has 0 saturated carbocycles. The summed E-state index contributed by atoms with van der Waals surface area (Å²) in [6, 6.07) is -0.0658. The molecule has 0 spiro atoms. The van der Waals surface area contributed by atoms with Crippen molar-refractivity contribution in [1.82, 2.24) is 10.6 Å². The Kier molecular flexibility index (Phi) is 8.85. The predicted octanol–water partition coefficient (Wildman–Crippen LogP) is 0.786. The highest BCUT2D eigenvalue weighted by Crippen LogP contribution is 2.02. The minimum absolute atomic E-state index is 0.0648. The average Bonchev–Trinajstić information content (AvgIpc) is 2.25. The largest absolute Gasteiger partial charge is 0.355 e. The van der Waals surface area contributed by atoms with Crippen molar-refractivity contribution >= 4 is 5.91 Å². The van der Waals surface area contributed by atoms with E-state index in [1.165, 1.54) is 0 Å². The summed E-state index contributed by atoms with van der Waals surface area (Å²) in [6.07, 6.45) is 2.26. The molecule has 1 amide bonds. The first-order valence-corrected chi connectivity index (χ1v) is 5.96. The normalized spacial score (nSPS) is 12.2. The van der Waals surface area contributed by atoms with E-state index >= 15 is 0 Å². The first-order chi connectivity index (χ1) is 7.57. The van der Waals surface area contributed by atoms with Crippen molar-refractivity contribution in [3.05, 3.63) is 12.2 Å². The van der Waals surface area contributed by atoms with Gasteiger partial charge in [-0.25, -0.2) is 0 Å². The van der Waals surface area contributed by atoms with E-state index in [1.807, 2.05) is 6.92 Å². The Morgan fingerprint density at radius 3 is 2.62 bits per heavy atom. The topological polar surface area (TPSA) is 67.2 Å². The number of nitrogens with one attached hydrogen (secondary N) is 2. The zero-order valence-electron chi connectivity index (χ0n) is 10.5. The predicted molar refractivity (Wildman–Crippen MR) is 68.2 cm³/mol. The lowest BCUT2D eigenvalue weighted by Gasteiger charge is -2.11. The Hall–Kier alpha value is -0.870. The summed E-state index contributed by atoms with van der Waals surface area (Å²) in [4.78, 5) is 11.4. The van der Waals surface area contributed by atoms with E-state index in [4.69, 9.17) is 5.73 Å². The summed E-state index contributed by atoms with van der Waals surface area (Å²) < 4.78 is 0. The third kappa shape index (κ3) is 8.44. The van der Waals surface area contributed by atoms with Gasteiger partial charge in [0.2, 0.25) is 5.91 Å². The average molecular weight is 227 g/mol. The van der Waals surface area contributed by atoms with E-state index < -0.39 is 0 Å². The Labute approximate surface area is 98.7 Å². The first-order valence-electron chi connectivity index (χ1n) is 5.96. The molecule has 0 aliphatic carbocycles. The smallest absolute Gasteiger partial charge is 0.220 e. The highest BCUT2D eigenvalue weighted by atomic mass is 16.1. The van der Waals surface area contributed by atoms with Crippen LogP contribution in [-0.4, -0.2) is 31.6 Å². The molecule has 4 heteroatoms. The molecule has 0 aromatic carbocycles. The Bertz CT molecular complexity index is 216. The summed E-state index contributed by atoms with van der Waals surface area (Å²) in [5.74, 6) is 0.0648. The van der Waals surface area contributed by atoms with Crippen LogP contribution >= 0.6 is 0 Å². The number of hydrogen-bond acceptors (Lipinski definition) is 3. The van der Waals surface area contributed by atoms with Crippen LogP contribution in [0.2, 0.25) is 0 Å². The number of nitrogens with two attached hydrogens (primary N) is 1. The zero-order valence-corrected chi connectivity index (χ0v) is 10.5. The minimum atomic E-state index is -0.0658. The summed E-state index contributed by atoms with van der Waals surface area (Å²) in [7, 11) is 0. The molecule has 1 unspecified atom stereocenters. The summed E-state index contributed by atoms with van der Waals surface area (Å²) in [6.45, 7) is 10.3. The Morgan fingerprint density at radius 2 is 2.06 bits per heavy atom. The van der Waals surface area contributed by atoms with E-state index in [0.717, 1.165) is 25.1 Å². The van der Waals surface area contributed by atoms with Crippen molar-refractivity contribution in [2.75, 3.05) is 19.6 Å². The molecule has 16 heavy (non-hydrogen) atoms. The molecule has 0 fully saturated rings. The molecule has 0 aliphatic rings. The van der Waals surface area contributed by atoms with Gasteiger partial charge in [0.15, 0.2) is 0 Å². The monoisotopic (exact) mass is 227 g/mol. The summed E-state index contributed by atoms with van der Waals surface area (Å²) in [5, 5.41) is 6.07. The lowest BCUT2D eigenvalue weighted by molar-refractivity contribution is -0.121. The van der Waals surface area contributed by atoms with Gasteiger partial charge in [0.25, 0.3) is 0 Å². The van der Waals surface area contributed by atoms with E-state index in [-0.39, 0.29) is 11.9 Å². The highest BCUT2D eigenvalue weighted by molar-refractivity contribution is 5.75. The quantitative estimate of drug-likeness (QED) is 0.403. The van der Waals surface area contributed by atoms with Crippen LogP contribution in [0.4, 0.5) is 0 Å². The molecule has 94 valence electrons.